The highest BCUT2D eigenvalue weighted by Crippen LogP contribution is 2.25. The van der Waals surface area contributed by atoms with Gasteiger partial charge in [-0.25, -0.2) is 0 Å². The van der Waals surface area contributed by atoms with Crippen LogP contribution in [0.15, 0.2) is 34.8 Å². The summed E-state index contributed by atoms with van der Waals surface area (Å²) in [5.74, 6) is -0.143. The van der Waals surface area contributed by atoms with E-state index in [1.807, 2.05) is 45.0 Å². The fourth-order valence-electron chi connectivity index (χ4n) is 2.05. The largest absolute Gasteiger partial charge is 0.398 e. The van der Waals surface area contributed by atoms with Crippen molar-refractivity contribution in [3.05, 3.63) is 57.1 Å². The predicted molar refractivity (Wildman–Crippen MR) is 87.2 cm³/mol. The van der Waals surface area contributed by atoms with Crippen molar-refractivity contribution in [1.29, 1.82) is 0 Å². The van der Waals surface area contributed by atoms with Gasteiger partial charge >= 0.3 is 0 Å². The zero-order valence-electron chi connectivity index (χ0n) is 11.8. The Bertz CT molecular complexity index is 680. The number of halogens is 1. The van der Waals surface area contributed by atoms with Crippen LogP contribution in [0.1, 0.15) is 27.0 Å². The topological polar surface area (TPSA) is 55.1 Å². The maximum absolute atomic E-state index is 12.4. The number of hydrogen-bond donors (Lipinski definition) is 2. The van der Waals surface area contributed by atoms with Gasteiger partial charge in [0.05, 0.1) is 0 Å². The molecular weight excluding hydrogens is 316 g/mol. The first-order valence-corrected chi connectivity index (χ1v) is 7.12. The van der Waals surface area contributed by atoms with Gasteiger partial charge in [0.1, 0.15) is 0 Å². The summed E-state index contributed by atoms with van der Waals surface area (Å²) in [5, 5.41) is 2.93. The van der Waals surface area contributed by atoms with E-state index in [0.717, 1.165) is 26.9 Å². The van der Waals surface area contributed by atoms with E-state index in [2.05, 4.69) is 21.2 Å². The second-order valence-corrected chi connectivity index (χ2v) is 5.74. The molecule has 1 amide bonds. The lowest BCUT2D eigenvalue weighted by Crippen LogP contribution is -2.15. The molecule has 0 radical (unpaired) electrons. The Hall–Kier alpha value is -1.81. The number of nitrogens with two attached hydrogens (primary N) is 1. The number of carbonyl (C=O) groups is 1. The highest BCUT2D eigenvalue weighted by atomic mass is 79.9. The molecule has 0 aliphatic rings. The minimum Gasteiger partial charge on any atom is -0.398 e. The number of nitrogen functional groups attached to an aromatic ring is 1. The summed E-state index contributed by atoms with van der Waals surface area (Å²) >= 11 is 3.46. The summed E-state index contributed by atoms with van der Waals surface area (Å²) in [6, 6.07) is 9.37. The smallest absolute Gasteiger partial charge is 0.256 e. The summed E-state index contributed by atoms with van der Waals surface area (Å²) in [6.07, 6.45) is 0. The number of aryl methyl sites for hydroxylation is 2. The van der Waals surface area contributed by atoms with Crippen LogP contribution in [0.5, 0.6) is 0 Å². The highest BCUT2D eigenvalue weighted by molar-refractivity contribution is 9.10. The van der Waals surface area contributed by atoms with Crippen LogP contribution >= 0.6 is 15.9 Å². The van der Waals surface area contributed by atoms with Crippen molar-refractivity contribution < 1.29 is 4.79 Å². The molecule has 0 aliphatic carbocycles. The third-order valence-electron chi connectivity index (χ3n) is 3.37. The summed E-state index contributed by atoms with van der Waals surface area (Å²) in [4.78, 5) is 12.4. The Morgan fingerprint density at radius 1 is 1.15 bits per heavy atom. The molecule has 4 heteroatoms. The average Bonchev–Trinajstić information content (AvgIpc) is 2.39. The Labute approximate surface area is 127 Å². The van der Waals surface area contributed by atoms with Crippen LogP contribution in [0.4, 0.5) is 11.4 Å². The van der Waals surface area contributed by atoms with E-state index in [0.29, 0.717) is 11.3 Å². The molecule has 2 aromatic carbocycles. The van der Waals surface area contributed by atoms with E-state index >= 15 is 0 Å². The number of amides is 1. The van der Waals surface area contributed by atoms with Gasteiger partial charge in [-0.1, -0.05) is 28.1 Å². The second kappa shape index (κ2) is 5.67. The molecule has 20 heavy (non-hydrogen) atoms. The van der Waals surface area contributed by atoms with E-state index in [1.54, 1.807) is 6.07 Å². The molecule has 0 aliphatic heterocycles. The number of hydrogen-bond acceptors (Lipinski definition) is 2. The normalized spacial score (nSPS) is 10.4. The fourth-order valence-corrected chi connectivity index (χ4v) is 2.41. The van der Waals surface area contributed by atoms with Gasteiger partial charge in [-0.05, 0) is 55.7 Å². The molecule has 2 aromatic rings. The Balaban J connectivity index is 2.33. The van der Waals surface area contributed by atoms with Gasteiger partial charge in [0.2, 0.25) is 0 Å². The third kappa shape index (κ3) is 2.85. The van der Waals surface area contributed by atoms with E-state index in [9.17, 15) is 4.79 Å². The first kappa shape index (κ1) is 14.6. The van der Waals surface area contributed by atoms with Crippen molar-refractivity contribution in [2.24, 2.45) is 0 Å². The number of anilines is 2. The van der Waals surface area contributed by atoms with Gasteiger partial charge in [-0.3, -0.25) is 4.79 Å². The van der Waals surface area contributed by atoms with Crippen molar-refractivity contribution >= 4 is 33.2 Å². The highest BCUT2D eigenvalue weighted by Gasteiger charge is 2.12. The SMILES string of the molecule is Cc1cc(C)c(C(=O)Nc2cccc(Br)c2C)cc1N. The standard InChI is InChI=1S/C16H17BrN2O/c1-9-7-10(2)14(18)8-12(9)16(20)19-15-6-4-5-13(17)11(15)3/h4-8H,18H2,1-3H3,(H,19,20). The minimum absolute atomic E-state index is 0.143. The molecule has 0 saturated heterocycles. The quantitative estimate of drug-likeness (QED) is 0.809. The van der Waals surface area contributed by atoms with Gasteiger partial charge in [-0.15, -0.1) is 0 Å². The molecule has 0 bridgehead atoms. The predicted octanol–water partition coefficient (Wildman–Crippen LogP) is 4.21. The van der Waals surface area contributed by atoms with Gasteiger partial charge in [0.25, 0.3) is 5.91 Å². The first-order chi connectivity index (χ1) is 9.40. The molecule has 3 nitrogen and oxygen atoms in total. The van der Waals surface area contributed by atoms with E-state index in [4.69, 9.17) is 5.73 Å². The Morgan fingerprint density at radius 2 is 1.85 bits per heavy atom. The fraction of sp³-hybridized carbons (Fsp3) is 0.188. The van der Waals surface area contributed by atoms with Crippen LogP contribution in [0, 0.1) is 20.8 Å². The summed E-state index contributed by atoms with van der Waals surface area (Å²) in [5.41, 5.74) is 10.8. The molecular formula is C16H17BrN2O. The van der Waals surface area contributed by atoms with Crippen LogP contribution in [0.25, 0.3) is 0 Å². The van der Waals surface area contributed by atoms with Crippen LogP contribution in [0.2, 0.25) is 0 Å². The molecule has 104 valence electrons. The Morgan fingerprint density at radius 3 is 2.55 bits per heavy atom. The minimum atomic E-state index is -0.143. The third-order valence-corrected chi connectivity index (χ3v) is 4.23. The number of nitrogens with one attached hydrogen (secondary N) is 1. The van der Waals surface area contributed by atoms with Crippen molar-refractivity contribution in [2.75, 3.05) is 11.1 Å². The molecule has 0 heterocycles. The summed E-state index contributed by atoms with van der Waals surface area (Å²) in [6.45, 7) is 5.80. The molecule has 0 unspecified atom stereocenters. The van der Waals surface area contributed by atoms with Gasteiger partial charge in [0, 0.05) is 21.4 Å². The zero-order chi connectivity index (χ0) is 14.9. The van der Waals surface area contributed by atoms with Crippen molar-refractivity contribution in [2.45, 2.75) is 20.8 Å². The lowest BCUT2D eigenvalue weighted by atomic mass is 10.0. The van der Waals surface area contributed by atoms with Crippen LogP contribution in [0.3, 0.4) is 0 Å². The average molecular weight is 333 g/mol. The van der Waals surface area contributed by atoms with Crippen LogP contribution in [-0.2, 0) is 0 Å². The zero-order valence-corrected chi connectivity index (χ0v) is 13.3. The van der Waals surface area contributed by atoms with Gasteiger partial charge in [-0.2, -0.15) is 0 Å². The summed E-state index contributed by atoms with van der Waals surface area (Å²) in [7, 11) is 0. The first-order valence-electron chi connectivity index (χ1n) is 6.33. The van der Waals surface area contributed by atoms with E-state index in [1.165, 1.54) is 0 Å². The monoisotopic (exact) mass is 332 g/mol. The lowest BCUT2D eigenvalue weighted by Gasteiger charge is -2.12. The maximum Gasteiger partial charge on any atom is 0.256 e. The van der Waals surface area contributed by atoms with Gasteiger partial charge < -0.3 is 11.1 Å². The molecule has 0 saturated carbocycles. The molecule has 0 aromatic heterocycles. The van der Waals surface area contributed by atoms with Crippen molar-refractivity contribution in [3.8, 4) is 0 Å². The second-order valence-electron chi connectivity index (χ2n) is 4.89. The van der Waals surface area contributed by atoms with Crippen LogP contribution < -0.4 is 11.1 Å². The maximum atomic E-state index is 12.4. The number of carbonyl (C=O) groups excluding carboxylic acids is 1. The summed E-state index contributed by atoms with van der Waals surface area (Å²) < 4.78 is 0.968. The molecule has 2 rings (SSSR count). The number of benzene rings is 2. The molecule has 0 atom stereocenters. The van der Waals surface area contributed by atoms with E-state index < -0.39 is 0 Å². The van der Waals surface area contributed by atoms with E-state index in [-0.39, 0.29) is 5.91 Å². The molecule has 0 spiro atoms. The molecule has 0 fully saturated rings. The molecule has 3 N–H and O–H groups in total. The lowest BCUT2D eigenvalue weighted by molar-refractivity contribution is 0.102. The van der Waals surface area contributed by atoms with Crippen LogP contribution in [-0.4, -0.2) is 5.91 Å². The Kier molecular flexibility index (Phi) is 4.14. The van der Waals surface area contributed by atoms with Crippen molar-refractivity contribution in [1.82, 2.24) is 0 Å². The van der Waals surface area contributed by atoms with Crippen molar-refractivity contribution in [3.63, 3.8) is 0 Å². The number of rotatable bonds is 2. The van der Waals surface area contributed by atoms with Gasteiger partial charge in [0.15, 0.2) is 0 Å².